The van der Waals surface area contributed by atoms with Crippen LogP contribution in [0.1, 0.15) is 13.3 Å². The van der Waals surface area contributed by atoms with E-state index in [0.29, 0.717) is 18.9 Å². The normalized spacial score (nSPS) is 34.0. The molecule has 1 aliphatic rings. The molecule has 1 fully saturated rings. The van der Waals surface area contributed by atoms with E-state index in [9.17, 15) is 0 Å². The van der Waals surface area contributed by atoms with Gasteiger partial charge < -0.3 is 15.4 Å². The summed E-state index contributed by atoms with van der Waals surface area (Å²) in [5.41, 5.74) is 5.99. The van der Waals surface area contributed by atoms with Gasteiger partial charge in [0.05, 0.1) is 25.2 Å². The van der Waals surface area contributed by atoms with Crippen LogP contribution in [0.5, 0.6) is 0 Å². The summed E-state index contributed by atoms with van der Waals surface area (Å²) in [5.74, 6) is 0.447. The fourth-order valence-electron chi connectivity index (χ4n) is 2.08. The number of ether oxygens (including phenoxy) is 1. The fourth-order valence-corrected chi connectivity index (χ4v) is 2.08. The van der Waals surface area contributed by atoms with Crippen LogP contribution in [0.4, 0.5) is 0 Å². The van der Waals surface area contributed by atoms with Crippen LogP contribution in [0, 0.1) is 17.2 Å². The first-order valence-electron chi connectivity index (χ1n) is 5.08. The monoisotopic (exact) mass is 197 g/mol. The maximum absolute atomic E-state index is 8.40. The third-order valence-electron chi connectivity index (χ3n) is 2.63. The van der Waals surface area contributed by atoms with E-state index in [1.165, 1.54) is 0 Å². The van der Waals surface area contributed by atoms with Gasteiger partial charge in [-0.05, 0) is 13.0 Å². The molecule has 2 N–H and O–H groups in total. The van der Waals surface area contributed by atoms with Crippen LogP contribution < -0.4 is 5.73 Å². The van der Waals surface area contributed by atoms with Crippen molar-refractivity contribution in [3.05, 3.63) is 0 Å². The first kappa shape index (κ1) is 11.4. The molecule has 3 atom stereocenters. The number of nitriles is 1. The van der Waals surface area contributed by atoms with E-state index >= 15 is 0 Å². The molecule has 0 saturated carbocycles. The maximum Gasteiger partial charge on any atom is 0.0776 e. The van der Waals surface area contributed by atoms with E-state index in [2.05, 4.69) is 24.9 Å². The van der Waals surface area contributed by atoms with Crippen molar-refractivity contribution in [3.63, 3.8) is 0 Å². The lowest BCUT2D eigenvalue weighted by Gasteiger charge is -2.39. The van der Waals surface area contributed by atoms with E-state index in [4.69, 9.17) is 15.7 Å². The van der Waals surface area contributed by atoms with Gasteiger partial charge in [-0.2, -0.15) is 5.26 Å². The molecular formula is C10H19N3O. The van der Waals surface area contributed by atoms with Crippen molar-refractivity contribution >= 4 is 0 Å². The van der Waals surface area contributed by atoms with Gasteiger partial charge in [0.15, 0.2) is 0 Å². The third kappa shape index (κ3) is 2.95. The van der Waals surface area contributed by atoms with Crippen LogP contribution in [0.2, 0.25) is 0 Å². The molecule has 0 radical (unpaired) electrons. The van der Waals surface area contributed by atoms with Gasteiger partial charge in [0.2, 0.25) is 0 Å². The minimum absolute atomic E-state index is 0.0717. The number of nitrogens with two attached hydrogens (primary N) is 1. The van der Waals surface area contributed by atoms with Crippen molar-refractivity contribution < 1.29 is 4.74 Å². The van der Waals surface area contributed by atoms with Gasteiger partial charge >= 0.3 is 0 Å². The molecule has 0 aromatic carbocycles. The van der Waals surface area contributed by atoms with Gasteiger partial charge in [0.1, 0.15) is 0 Å². The van der Waals surface area contributed by atoms with E-state index < -0.39 is 0 Å². The Bertz CT molecular complexity index is 202. The molecule has 0 aromatic heterocycles. The van der Waals surface area contributed by atoms with Gasteiger partial charge in [-0.25, -0.2) is 0 Å². The number of likely N-dealkylation sites (tertiary alicyclic amines) is 1. The molecule has 1 saturated heterocycles. The molecule has 80 valence electrons. The molecule has 0 spiro atoms. The second-order valence-electron chi connectivity index (χ2n) is 4.11. The predicted molar refractivity (Wildman–Crippen MR) is 54.6 cm³/mol. The van der Waals surface area contributed by atoms with Gasteiger partial charge in [0.25, 0.3) is 0 Å². The summed E-state index contributed by atoms with van der Waals surface area (Å²) in [6.07, 6.45) is 0.561. The number of nitrogens with zero attached hydrogens (tertiary/aromatic N) is 2. The average molecular weight is 197 g/mol. The SMILES string of the molecule is CC1CN(C)CC(N)C1OCCC#N. The van der Waals surface area contributed by atoms with Gasteiger partial charge in [-0.1, -0.05) is 6.92 Å². The molecule has 1 heterocycles. The summed E-state index contributed by atoms with van der Waals surface area (Å²) in [6.45, 7) is 4.54. The summed E-state index contributed by atoms with van der Waals surface area (Å²) >= 11 is 0. The van der Waals surface area contributed by atoms with Crippen molar-refractivity contribution in [2.45, 2.75) is 25.5 Å². The van der Waals surface area contributed by atoms with E-state index in [1.54, 1.807) is 0 Å². The average Bonchev–Trinajstić information content (AvgIpc) is 2.09. The first-order chi connectivity index (χ1) is 6.65. The smallest absolute Gasteiger partial charge is 0.0776 e. The molecule has 0 aromatic rings. The van der Waals surface area contributed by atoms with Crippen molar-refractivity contribution in [1.82, 2.24) is 4.90 Å². The van der Waals surface area contributed by atoms with Crippen LogP contribution in [-0.4, -0.2) is 43.8 Å². The van der Waals surface area contributed by atoms with Crippen molar-refractivity contribution in [1.29, 1.82) is 5.26 Å². The molecule has 4 heteroatoms. The number of hydrogen-bond acceptors (Lipinski definition) is 4. The van der Waals surface area contributed by atoms with Gasteiger partial charge in [-0.15, -0.1) is 0 Å². The molecule has 3 unspecified atom stereocenters. The minimum Gasteiger partial charge on any atom is -0.375 e. The molecule has 0 aliphatic carbocycles. The lowest BCUT2D eigenvalue weighted by molar-refractivity contribution is -0.0335. The maximum atomic E-state index is 8.40. The quantitative estimate of drug-likeness (QED) is 0.656. The molecule has 4 nitrogen and oxygen atoms in total. The van der Waals surface area contributed by atoms with E-state index in [-0.39, 0.29) is 12.1 Å². The van der Waals surface area contributed by atoms with Crippen molar-refractivity contribution in [3.8, 4) is 6.07 Å². The highest BCUT2D eigenvalue weighted by molar-refractivity contribution is 4.87. The third-order valence-corrected chi connectivity index (χ3v) is 2.63. The van der Waals surface area contributed by atoms with Crippen LogP contribution in [0.25, 0.3) is 0 Å². The Hall–Kier alpha value is -0.630. The molecule has 1 rings (SSSR count). The number of piperidine rings is 1. The van der Waals surface area contributed by atoms with Crippen molar-refractivity contribution in [2.75, 3.05) is 26.7 Å². The first-order valence-corrected chi connectivity index (χ1v) is 5.08. The molecule has 0 amide bonds. The van der Waals surface area contributed by atoms with Crippen molar-refractivity contribution in [2.24, 2.45) is 11.7 Å². The zero-order valence-corrected chi connectivity index (χ0v) is 8.94. The molecule has 1 aliphatic heterocycles. The Morgan fingerprint density at radius 1 is 1.57 bits per heavy atom. The van der Waals surface area contributed by atoms with Gasteiger partial charge in [0, 0.05) is 19.1 Å². The molecule has 14 heavy (non-hydrogen) atoms. The lowest BCUT2D eigenvalue weighted by atomic mass is 9.93. The fraction of sp³-hybridized carbons (Fsp3) is 0.900. The minimum atomic E-state index is 0.0717. The summed E-state index contributed by atoms with van der Waals surface area (Å²) in [7, 11) is 2.07. The Balaban J connectivity index is 2.38. The lowest BCUT2D eigenvalue weighted by Crippen LogP contribution is -2.55. The van der Waals surface area contributed by atoms with Crippen LogP contribution in [0.3, 0.4) is 0 Å². The second kappa shape index (κ2) is 5.30. The number of hydrogen-bond donors (Lipinski definition) is 1. The highest BCUT2D eigenvalue weighted by Gasteiger charge is 2.31. The van der Waals surface area contributed by atoms with Crippen LogP contribution in [0.15, 0.2) is 0 Å². The Kier molecular flexibility index (Phi) is 4.33. The topological polar surface area (TPSA) is 62.3 Å². The molecule has 0 bridgehead atoms. The number of likely N-dealkylation sites (N-methyl/N-ethyl adjacent to an activating group) is 1. The summed E-state index contributed by atoms with van der Waals surface area (Å²) in [6, 6.07) is 2.14. The highest BCUT2D eigenvalue weighted by Crippen LogP contribution is 2.18. The Morgan fingerprint density at radius 2 is 2.29 bits per heavy atom. The summed E-state index contributed by atoms with van der Waals surface area (Å²) in [4.78, 5) is 2.22. The second-order valence-corrected chi connectivity index (χ2v) is 4.11. The molecular weight excluding hydrogens is 178 g/mol. The van der Waals surface area contributed by atoms with E-state index in [0.717, 1.165) is 13.1 Å². The van der Waals surface area contributed by atoms with Gasteiger partial charge in [-0.3, -0.25) is 0 Å². The summed E-state index contributed by atoms with van der Waals surface area (Å²) in [5, 5.41) is 8.40. The van der Waals surface area contributed by atoms with E-state index in [1.807, 2.05) is 0 Å². The Morgan fingerprint density at radius 3 is 2.86 bits per heavy atom. The van der Waals surface area contributed by atoms with Crippen LogP contribution >= 0.6 is 0 Å². The largest absolute Gasteiger partial charge is 0.375 e. The Labute approximate surface area is 85.6 Å². The zero-order valence-electron chi connectivity index (χ0n) is 8.94. The predicted octanol–water partition coefficient (Wildman–Crippen LogP) is 0.194. The summed E-state index contributed by atoms with van der Waals surface area (Å²) < 4.78 is 5.62. The standard InChI is InChI=1S/C10H19N3O/c1-8-6-13(2)7-9(12)10(8)14-5-3-4-11/h8-10H,3,5-7,12H2,1-2H3. The highest BCUT2D eigenvalue weighted by atomic mass is 16.5. The van der Waals surface area contributed by atoms with Crippen LogP contribution in [-0.2, 0) is 4.74 Å². The zero-order chi connectivity index (χ0) is 10.6. The number of rotatable bonds is 3.